The van der Waals surface area contributed by atoms with Crippen LogP contribution in [0.1, 0.15) is 12.5 Å². The Kier molecular flexibility index (Phi) is 3.46. The van der Waals surface area contributed by atoms with E-state index in [-0.39, 0.29) is 31.2 Å². The fourth-order valence-electron chi connectivity index (χ4n) is 1.99. The quantitative estimate of drug-likeness (QED) is 0.460. The van der Waals surface area contributed by atoms with Crippen LogP contribution in [0, 0.1) is 10.1 Å². The molecule has 0 fully saturated rings. The number of benzene rings is 1. The maximum atomic E-state index is 11.8. The highest BCUT2D eigenvalue weighted by Gasteiger charge is 2.30. The standard InChI is InChI=1S/C12H12N2O5/c1-2-19-12(16)7-13-10-4-3-9(14(17)18)5-8(10)6-11(13)15/h3-5H,2,6-7H2,1H3. The highest BCUT2D eigenvalue weighted by molar-refractivity contribution is 6.04. The van der Waals surface area contributed by atoms with E-state index in [0.717, 1.165) is 0 Å². The number of esters is 1. The molecule has 0 saturated carbocycles. The van der Waals surface area contributed by atoms with E-state index in [9.17, 15) is 19.7 Å². The number of hydrogen-bond donors (Lipinski definition) is 0. The molecular formula is C12H12N2O5. The van der Waals surface area contributed by atoms with Gasteiger partial charge in [-0.15, -0.1) is 0 Å². The molecule has 0 aromatic heterocycles. The third-order valence-electron chi connectivity index (χ3n) is 2.80. The lowest BCUT2D eigenvalue weighted by molar-refractivity contribution is -0.384. The monoisotopic (exact) mass is 264 g/mol. The van der Waals surface area contributed by atoms with Gasteiger partial charge in [0.25, 0.3) is 5.69 Å². The summed E-state index contributed by atoms with van der Waals surface area (Å²) in [4.78, 5) is 34.6. The fourth-order valence-corrected chi connectivity index (χ4v) is 1.99. The second kappa shape index (κ2) is 5.05. The van der Waals surface area contributed by atoms with Gasteiger partial charge in [-0.05, 0) is 18.6 Å². The first-order valence-electron chi connectivity index (χ1n) is 5.76. The molecule has 0 bridgehead atoms. The zero-order valence-electron chi connectivity index (χ0n) is 10.3. The fraction of sp³-hybridized carbons (Fsp3) is 0.333. The Balaban J connectivity index is 2.24. The molecule has 19 heavy (non-hydrogen) atoms. The molecule has 0 aliphatic carbocycles. The van der Waals surface area contributed by atoms with Crippen LogP contribution in [-0.2, 0) is 20.7 Å². The van der Waals surface area contributed by atoms with Crippen molar-refractivity contribution < 1.29 is 19.2 Å². The summed E-state index contributed by atoms with van der Waals surface area (Å²) in [5, 5.41) is 10.7. The normalized spacial score (nSPS) is 13.3. The minimum absolute atomic E-state index is 0.0652. The molecule has 0 radical (unpaired) electrons. The van der Waals surface area contributed by atoms with Crippen LogP contribution in [0.4, 0.5) is 11.4 Å². The smallest absolute Gasteiger partial charge is 0.326 e. The summed E-state index contributed by atoms with van der Waals surface area (Å²) in [6.45, 7) is 1.76. The Labute approximate surface area is 108 Å². The van der Waals surface area contributed by atoms with Crippen LogP contribution in [0.5, 0.6) is 0 Å². The average molecular weight is 264 g/mol. The van der Waals surface area contributed by atoms with Crippen molar-refractivity contribution >= 4 is 23.3 Å². The predicted molar refractivity (Wildman–Crippen MR) is 65.8 cm³/mol. The molecule has 0 unspecified atom stereocenters. The summed E-state index contributed by atoms with van der Waals surface area (Å²) in [6.07, 6.45) is 0.0659. The number of carbonyl (C=O) groups is 2. The second-order valence-corrected chi connectivity index (χ2v) is 4.03. The molecule has 0 spiro atoms. The van der Waals surface area contributed by atoms with Gasteiger partial charge >= 0.3 is 5.97 Å². The number of non-ortho nitro benzene ring substituents is 1. The zero-order valence-corrected chi connectivity index (χ0v) is 10.3. The molecule has 7 heteroatoms. The highest BCUT2D eigenvalue weighted by atomic mass is 16.6. The summed E-state index contributed by atoms with van der Waals surface area (Å²) in [7, 11) is 0. The van der Waals surface area contributed by atoms with Crippen LogP contribution in [0.3, 0.4) is 0 Å². The molecule has 1 aromatic rings. The van der Waals surface area contributed by atoms with E-state index in [1.165, 1.54) is 23.1 Å². The molecule has 1 aliphatic rings. The number of nitro benzene ring substituents is 1. The summed E-state index contributed by atoms with van der Waals surface area (Å²) in [5.41, 5.74) is 1.02. The van der Waals surface area contributed by atoms with E-state index < -0.39 is 10.9 Å². The molecule has 1 amide bonds. The van der Waals surface area contributed by atoms with Gasteiger partial charge in [0.05, 0.1) is 18.0 Å². The van der Waals surface area contributed by atoms with Crippen molar-refractivity contribution in [3.05, 3.63) is 33.9 Å². The van der Waals surface area contributed by atoms with Crippen molar-refractivity contribution in [2.75, 3.05) is 18.1 Å². The zero-order chi connectivity index (χ0) is 14.0. The third kappa shape index (κ3) is 2.54. The molecule has 100 valence electrons. The van der Waals surface area contributed by atoms with Crippen LogP contribution in [0.2, 0.25) is 0 Å². The molecule has 1 aromatic carbocycles. The van der Waals surface area contributed by atoms with Crippen LogP contribution < -0.4 is 4.90 Å². The SMILES string of the molecule is CCOC(=O)CN1C(=O)Cc2cc([N+](=O)[O-])ccc21. The van der Waals surface area contributed by atoms with Crippen LogP contribution >= 0.6 is 0 Å². The average Bonchev–Trinajstić information content (AvgIpc) is 2.65. The molecule has 7 nitrogen and oxygen atoms in total. The van der Waals surface area contributed by atoms with Gasteiger partial charge in [0, 0.05) is 17.8 Å². The van der Waals surface area contributed by atoms with Gasteiger partial charge in [0.15, 0.2) is 0 Å². The summed E-state index contributed by atoms with van der Waals surface area (Å²) >= 11 is 0. The van der Waals surface area contributed by atoms with Gasteiger partial charge in [-0.2, -0.15) is 0 Å². The minimum Gasteiger partial charge on any atom is -0.465 e. The lowest BCUT2D eigenvalue weighted by Crippen LogP contribution is -2.33. The summed E-state index contributed by atoms with van der Waals surface area (Å²) in [6, 6.07) is 4.16. The van der Waals surface area contributed by atoms with E-state index in [4.69, 9.17) is 4.74 Å². The van der Waals surface area contributed by atoms with Crippen LogP contribution in [-0.4, -0.2) is 30.0 Å². The van der Waals surface area contributed by atoms with Gasteiger partial charge < -0.3 is 9.64 Å². The predicted octanol–water partition coefficient (Wildman–Crippen LogP) is 1.05. The Bertz CT molecular complexity index is 555. The Morgan fingerprint density at radius 1 is 1.53 bits per heavy atom. The van der Waals surface area contributed by atoms with Crippen LogP contribution in [0.15, 0.2) is 18.2 Å². The molecule has 0 saturated heterocycles. The van der Waals surface area contributed by atoms with Gasteiger partial charge in [-0.25, -0.2) is 0 Å². The van der Waals surface area contributed by atoms with E-state index >= 15 is 0 Å². The van der Waals surface area contributed by atoms with Crippen molar-refractivity contribution in [1.82, 2.24) is 0 Å². The first-order valence-corrected chi connectivity index (χ1v) is 5.76. The summed E-state index contributed by atoms with van der Waals surface area (Å²) < 4.78 is 4.79. The highest BCUT2D eigenvalue weighted by Crippen LogP contribution is 2.31. The summed E-state index contributed by atoms with van der Waals surface area (Å²) in [5.74, 6) is -0.759. The van der Waals surface area contributed by atoms with E-state index in [1.54, 1.807) is 6.92 Å². The second-order valence-electron chi connectivity index (χ2n) is 4.03. The maximum Gasteiger partial charge on any atom is 0.326 e. The van der Waals surface area contributed by atoms with E-state index in [0.29, 0.717) is 11.3 Å². The first kappa shape index (κ1) is 13.0. The Morgan fingerprint density at radius 2 is 2.26 bits per heavy atom. The minimum atomic E-state index is -0.515. The molecule has 0 atom stereocenters. The molecule has 1 heterocycles. The number of anilines is 1. The topological polar surface area (TPSA) is 89.8 Å². The number of carbonyl (C=O) groups excluding carboxylic acids is 2. The third-order valence-corrected chi connectivity index (χ3v) is 2.80. The van der Waals surface area contributed by atoms with Gasteiger partial charge in [0.2, 0.25) is 5.91 Å². The van der Waals surface area contributed by atoms with Crippen molar-refractivity contribution in [1.29, 1.82) is 0 Å². The number of ether oxygens (including phenoxy) is 1. The lowest BCUT2D eigenvalue weighted by atomic mass is 10.1. The largest absolute Gasteiger partial charge is 0.465 e. The Hall–Kier alpha value is -2.44. The number of hydrogen-bond acceptors (Lipinski definition) is 5. The van der Waals surface area contributed by atoms with Gasteiger partial charge in [-0.1, -0.05) is 0 Å². The Morgan fingerprint density at radius 3 is 2.89 bits per heavy atom. The molecule has 1 aliphatic heterocycles. The first-order chi connectivity index (χ1) is 9.02. The number of nitro groups is 1. The number of fused-ring (bicyclic) bond motifs is 1. The molecule has 0 N–H and O–H groups in total. The van der Waals surface area contributed by atoms with E-state index in [2.05, 4.69) is 0 Å². The number of rotatable bonds is 4. The van der Waals surface area contributed by atoms with Crippen molar-refractivity contribution in [3.8, 4) is 0 Å². The van der Waals surface area contributed by atoms with E-state index in [1.807, 2.05) is 0 Å². The number of amides is 1. The molecule has 2 rings (SSSR count). The van der Waals surface area contributed by atoms with Gasteiger partial charge in [0.1, 0.15) is 6.54 Å². The maximum absolute atomic E-state index is 11.8. The van der Waals surface area contributed by atoms with Gasteiger partial charge in [-0.3, -0.25) is 19.7 Å². The van der Waals surface area contributed by atoms with Crippen molar-refractivity contribution in [3.63, 3.8) is 0 Å². The van der Waals surface area contributed by atoms with Crippen molar-refractivity contribution in [2.45, 2.75) is 13.3 Å². The lowest BCUT2D eigenvalue weighted by Gasteiger charge is -2.15. The van der Waals surface area contributed by atoms with Crippen LogP contribution in [0.25, 0.3) is 0 Å². The molecular weight excluding hydrogens is 252 g/mol. The van der Waals surface area contributed by atoms with Crippen molar-refractivity contribution in [2.24, 2.45) is 0 Å². The number of nitrogens with zero attached hydrogens (tertiary/aromatic N) is 2.